The van der Waals surface area contributed by atoms with Crippen LogP contribution in [0.3, 0.4) is 0 Å². The molecular formula is C25H26N2O3. The van der Waals surface area contributed by atoms with Crippen molar-refractivity contribution in [2.75, 3.05) is 13.1 Å². The molecule has 1 fully saturated rings. The van der Waals surface area contributed by atoms with Crippen molar-refractivity contribution in [3.63, 3.8) is 0 Å². The second kappa shape index (κ2) is 8.99. The van der Waals surface area contributed by atoms with E-state index in [4.69, 9.17) is 4.42 Å². The quantitative estimate of drug-likeness (QED) is 0.682. The molecule has 1 atom stereocenters. The summed E-state index contributed by atoms with van der Waals surface area (Å²) in [6, 6.07) is 19.1. The zero-order valence-corrected chi connectivity index (χ0v) is 17.1. The SMILES string of the molecule is Cc1ccc(C(=O)N2CCC[C@H](c3cccc(C(=O)NCc4ccco4)c3)C2)cc1. The summed E-state index contributed by atoms with van der Waals surface area (Å²) >= 11 is 0. The van der Waals surface area contributed by atoms with E-state index in [1.807, 2.05) is 66.4 Å². The van der Waals surface area contributed by atoms with Gasteiger partial charge in [-0.25, -0.2) is 0 Å². The van der Waals surface area contributed by atoms with Gasteiger partial charge in [0, 0.05) is 30.1 Å². The smallest absolute Gasteiger partial charge is 0.253 e. The van der Waals surface area contributed by atoms with E-state index in [-0.39, 0.29) is 17.7 Å². The van der Waals surface area contributed by atoms with E-state index < -0.39 is 0 Å². The summed E-state index contributed by atoms with van der Waals surface area (Å²) in [5.74, 6) is 0.895. The van der Waals surface area contributed by atoms with Gasteiger partial charge in [0.1, 0.15) is 5.76 Å². The first-order valence-electron chi connectivity index (χ1n) is 10.4. The first-order valence-corrected chi connectivity index (χ1v) is 10.4. The standard InChI is InChI=1S/C25H26N2O3/c1-18-9-11-19(12-10-18)25(29)27-13-3-7-22(17-27)20-5-2-6-21(15-20)24(28)26-16-23-8-4-14-30-23/h2,4-6,8-12,14-15,22H,3,7,13,16-17H2,1H3,(H,26,28)/t22-/m0/s1. The molecule has 1 N–H and O–H groups in total. The van der Waals surface area contributed by atoms with E-state index in [0.717, 1.165) is 41.8 Å². The molecule has 154 valence electrons. The number of aryl methyl sites for hydroxylation is 1. The first-order chi connectivity index (χ1) is 14.6. The Kier molecular flexibility index (Phi) is 5.98. The van der Waals surface area contributed by atoms with Crippen LogP contribution < -0.4 is 5.32 Å². The summed E-state index contributed by atoms with van der Waals surface area (Å²) < 4.78 is 5.26. The molecule has 1 aromatic heterocycles. The van der Waals surface area contributed by atoms with Crippen molar-refractivity contribution in [1.82, 2.24) is 10.2 Å². The van der Waals surface area contributed by atoms with Crippen LogP contribution in [0.25, 0.3) is 0 Å². The van der Waals surface area contributed by atoms with Crippen LogP contribution in [0.2, 0.25) is 0 Å². The highest BCUT2D eigenvalue weighted by Gasteiger charge is 2.26. The van der Waals surface area contributed by atoms with Crippen molar-refractivity contribution >= 4 is 11.8 Å². The van der Waals surface area contributed by atoms with Crippen LogP contribution in [0.4, 0.5) is 0 Å². The van der Waals surface area contributed by atoms with Gasteiger partial charge in [0.05, 0.1) is 12.8 Å². The predicted molar refractivity (Wildman–Crippen MR) is 115 cm³/mol. The second-order valence-electron chi connectivity index (χ2n) is 7.84. The van der Waals surface area contributed by atoms with Gasteiger partial charge in [0.2, 0.25) is 0 Å². The van der Waals surface area contributed by atoms with Crippen LogP contribution in [-0.2, 0) is 6.54 Å². The number of carbonyl (C=O) groups is 2. The number of amides is 2. The fourth-order valence-electron chi connectivity index (χ4n) is 3.93. The average Bonchev–Trinajstić information content (AvgIpc) is 3.31. The molecule has 2 amide bonds. The molecule has 0 spiro atoms. The molecule has 1 aliphatic rings. The minimum Gasteiger partial charge on any atom is -0.467 e. The van der Waals surface area contributed by atoms with E-state index in [1.165, 1.54) is 0 Å². The average molecular weight is 402 g/mol. The van der Waals surface area contributed by atoms with Crippen LogP contribution in [0.15, 0.2) is 71.3 Å². The molecule has 5 heteroatoms. The lowest BCUT2D eigenvalue weighted by atomic mass is 9.89. The lowest BCUT2D eigenvalue weighted by Crippen LogP contribution is -2.39. The Hall–Kier alpha value is -3.34. The third-order valence-electron chi connectivity index (χ3n) is 5.63. The normalized spacial score (nSPS) is 16.3. The summed E-state index contributed by atoms with van der Waals surface area (Å²) in [4.78, 5) is 27.4. The number of nitrogens with one attached hydrogen (secondary N) is 1. The maximum atomic E-state index is 12.9. The second-order valence-corrected chi connectivity index (χ2v) is 7.84. The van der Waals surface area contributed by atoms with E-state index in [1.54, 1.807) is 12.3 Å². The van der Waals surface area contributed by atoms with Gasteiger partial charge in [0.15, 0.2) is 0 Å². The highest BCUT2D eigenvalue weighted by Crippen LogP contribution is 2.28. The summed E-state index contributed by atoms with van der Waals surface area (Å²) in [6.07, 6.45) is 3.56. The third-order valence-corrected chi connectivity index (χ3v) is 5.63. The number of nitrogens with zero attached hydrogens (tertiary/aromatic N) is 1. The summed E-state index contributed by atoms with van der Waals surface area (Å²) in [6.45, 7) is 3.82. The van der Waals surface area contributed by atoms with Crippen molar-refractivity contribution < 1.29 is 14.0 Å². The van der Waals surface area contributed by atoms with Gasteiger partial charge >= 0.3 is 0 Å². The van der Waals surface area contributed by atoms with Crippen molar-refractivity contribution in [2.24, 2.45) is 0 Å². The van der Waals surface area contributed by atoms with Crippen LogP contribution in [0.5, 0.6) is 0 Å². The van der Waals surface area contributed by atoms with Crippen molar-refractivity contribution in [3.05, 3.63) is 94.9 Å². The van der Waals surface area contributed by atoms with E-state index in [0.29, 0.717) is 18.7 Å². The van der Waals surface area contributed by atoms with Crippen LogP contribution in [-0.4, -0.2) is 29.8 Å². The molecule has 30 heavy (non-hydrogen) atoms. The molecule has 0 saturated carbocycles. The predicted octanol–water partition coefficient (Wildman–Crippen LogP) is 4.54. The van der Waals surface area contributed by atoms with Gasteiger partial charge in [0.25, 0.3) is 11.8 Å². The Bertz CT molecular complexity index is 1010. The minimum atomic E-state index is -0.128. The molecule has 2 heterocycles. The van der Waals surface area contributed by atoms with Gasteiger partial charge in [-0.05, 0) is 61.7 Å². The first kappa shape index (κ1) is 20.0. The number of likely N-dealkylation sites (tertiary alicyclic amines) is 1. The van der Waals surface area contributed by atoms with Gasteiger partial charge in [-0.15, -0.1) is 0 Å². The maximum absolute atomic E-state index is 12.9. The number of carbonyl (C=O) groups excluding carboxylic acids is 2. The van der Waals surface area contributed by atoms with E-state index in [2.05, 4.69) is 5.32 Å². The Morgan fingerprint density at radius 1 is 1.07 bits per heavy atom. The number of piperidine rings is 1. The zero-order valence-electron chi connectivity index (χ0n) is 17.1. The molecule has 2 aromatic carbocycles. The van der Waals surface area contributed by atoms with E-state index >= 15 is 0 Å². The highest BCUT2D eigenvalue weighted by atomic mass is 16.3. The van der Waals surface area contributed by atoms with Crippen LogP contribution in [0, 0.1) is 6.92 Å². The molecule has 1 aliphatic heterocycles. The number of hydrogen-bond donors (Lipinski definition) is 1. The molecule has 0 aliphatic carbocycles. The Labute approximate surface area is 176 Å². The molecule has 0 radical (unpaired) electrons. The third kappa shape index (κ3) is 4.62. The minimum absolute atomic E-state index is 0.0760. The molecule has 0 bridgehead atoms. The zero-order chi connectivity index (χ0) is 20.9. The molecule has 5 nitrogen and oxygen atoms in total. The van der Waals surface area contributed by atoms with Crippen LogP contribution in [0.1, 0.15) is 56.4 Å². The number of hydrogen-bond acceptors (Lipinski definition) is 3. The summed E-state index contributed by atoms with van der Waals surface area (Å²) in [7, 11) is 0. The van der Waals surface area contributed by atoms with E-state index in [9.17, 15) is 9.59 Å². The molecule has 0 unspecified atom stereocenters. The Morgan fingerprint density at radius 3 is 2.67 bits per heavy atom. The maximum Gasteiger partial charge on any atom is 0.253 e. The van der Waals surface area contributed by atoms with Gasteiger partial charge in [-0.1, -0.05) is 29.8 Å². The lowest BCUT2D eigenvalue weighted by molar-refractivity contribution is 0.0706. The fourth-order valence-corrected chi connectivity index (χ4v) is 3.93. The summed E-state index contributed by atoms with van der Waals surface area (Å²) in [5, 5.41) is 2.89. The fraction of sp³-hybridized carbons (Fsp3) is 0.280. The van der Waals surface area contributed by atoms with Crippen molar-refractivity contribution in [2.45, 2.75) is 32.2 Å². The molecule has 4 rings (SSSR count). The highest BCUT2D eigenvalue weighted by molar-refractivity contribution is 5.95. The topological polar surface area (TPSA) is 62.6 Å². The largest absolute Gasteiger partial charge is 0.467 e. The molecular weight excluding hydrogens is 376 g/mol. The number of rotatable bonds is 5. The monoisotopic (exact) mass is 402 g/mol. The van der Waals surface area contributed by atoms with Gasteiger partial charge in [-0.3, -0.25) is 9.59 Å². The summed E-state index contributed by atoms with van der Waals surface area (Å²) in [5.41, 5.74) is 3.60. The lowest BCUT2D eigenvalue weighted by Gasteiger charge is -2.33. The van der Waals surface area contributed by atoms with Crippen molar-refractivity contribution in [3.8, 4) is 0 Å². The van der Waals surface area contributed by atoms with Crippen LogP contribution >= 0.6 is 0 Å². The Balaban J connectivity index is 1.43. The number of benzene rings is 2. The van der Waals surface area contributed by atoms with Crippen molar-refractivity contribution in [1.29, 1.82) is 0 Å². The van der Waals surface area contributed by atoms with Gasteiger partial charge < -0.3 is 14.6 Å². The molecule has 1 saturated heterocycles. The molecule has 3 aromatic rings. The van der Waals surface area contributed by atoms with Gasteiger partial charge in [-0.2, -0.15) is 0 Å². The Morgan fingerprint density at radius 2 is 1.90 bits per heavy atom. The number of furan rings is 1.